The molecule has 0 aliphatic heterocycles. The molecule has 6 N–H and O–H groups in total. The van der Waals surface area contributed by atoms with Crippen LogP contribution in [0, 0.1) is 0 Å². The third-order valence-corrected chi connectivity index (χ3v) is 4.86. The van der Waals surface area contributed by atoms with E-state index in [1.54, 1.807) is 6.07 Å². The molecule has 7 nitrogen and oxygen atoms in total. The van der Waals surface area contributed by atoms with E-state index in [0.29, 0.717) is 11.4 Å². The van der Waals surface area contributed by atoms with Crippen LogP contribution in [0.25, 0.3) is 21.9 Å². The van der Waals surface area contributed by atoms with Crippen molar-refractivity contribution in [3.05, 3.63) is 66.0 Å². The van der Waals surface area contributed by atoms with Gasteiger partial charge in [0.2, 0.25) is 5.91 Å². The van der Waals surface area contributed by atoms with Crippen molar-refractivity contribution in [2.75, 3.05) is 5.73 Å². The molecule has 4 rings (SSSR count). The quantitative estimate of drug-likeness (QED) is 0.470. The fourth-order valence-corrected chi connectivity index (χ4v) is 3.55. The van der Waals surface area contributed by atoms with Gasteiger partial charge in [-0.1, -0.05) is 36.4 Å². The molecule has 0 bridgehead atoms. The van der Waals surface area contributed by atoms with Crippen molar-refractivity contribution in [3.63, 3.8) is 0 Å². The molecule has 0 spiro atoms. The normalized spacial score (nSPS) is 10.5. The predicted octanol–water partition coefficient (Wildman–Crippen LogP) is 2.89. The third kappa shape index (κ3) is 4.31. The van der Waals surface area contributed by atoms with Crippen LogP contribution < -0.4 is 11.5 Å². The van der Waals surface area contributed by atoms with Gasteiger partial charge in [-0.15, -0.1) is 12.4 Å². The van der Waals surface area contributed by atoms with E-state index in [1.165, 1.54) is 0 Å². The zero-order chi connectivity index (χ0) is 18.8. The first-order valence-electron chi connectivity index (χ1n) is 9.02. The molecule has 0 radical (unpaired) electrons. The lowest BCUT2D eigenvalue weighted by Crippen LogP contribution is -2.13. The summed E-state index contributed by atoms with van der Waals surface area (Å²) >= 11 is 0. The van der Waals surface area contributed by atoms with Crippen molar-refractivity contribution in [1.29, 1.82) is 0 Å². The fourth-order valence-electron chi connectivity index (χ4n) is 3.55. The second-order valence-electron chi connectivity index (χ2n) is 6.63. The van der Waals surface area contributed by atoms with Crippen LogP contribution in [-0.2, 0) is 13.0 Å². The van der Waals surface area contributed by atoms with E-state index >= 15 is 0 Å². The number of hydrogen-bond acceptors (Lipinski definition) is 4. The van der Waals surface area contributed by atoms with Gasteiger partial charge in [-0.2, -0.15) is 0 Å². The van der Waals surface area contributed by atoms with E-state index in [1.807, 2.05) is 48.8 Å². The molecule has 0 saturated carbocycles. The largest absolute Gasteiger partial charge is 0.412 e. The van der Waals surface area contributed by atoms with Crippen LogP contribution in [0.3, 0.4) is 0 Å². The number of aryl methyl sites for hydroxylation is 2. The van der Waals surface area contributed by atoms with Gasteiger partial charge in [0.1, 0.15) is 5.52 Å². The molecule has 8 heteroatoms. The number of hydrogen-bond donors (Lipinski definition) is 2. The number of primary amides is 1. The van der Waals surface area contributed by atoms with Gasteiger partial charge in [0.25, 0.3) is 0 Å². The van der Waals surface area contributed by atoms with Crippen LogP contribution in [0.15, 0.2) is 54.9 Å². The third-order valence-electron chi connectivity index (χ3n) is 4.86. The minimum Gasteiger partial charge on any atom is -0.412 e. The van der Waals surface area contributed by atoms with Crippen molar-refractivity contribution >= 4 is 46.1 Å². The number of nitrogens with zero attached hydrogens (tertiary/aromatic N) is 3. The lowest BCUT2D eigenvalue weighted by atomic mass is 10.0. The highest BCUT2D eigenvalue weighted by Crippen LogP contribution is 2.27. The van der Waals surface area contributed by atoms with Gasteiger partial charge < -0.3 is 21.5 Å². The average molecular weight is 414 g/mol. The number of rotatable bonds is 6. The summed E-state index contributed by atoms with van der Waals surface area (Å²) in [7, 11) is 0. The zero-order valence-electron chi connectivity index (χ0n) is 15.8. The lowest BCUT2D eigenvalue weighted by Gasteiger charge is -2.09. The summed E-state index contributed by atoms with van der Waals surface area (Å²) in [5.41, 5.74) is 15.8. The molecule has 0 fully saturated rings. The van der Waals surface area contributed by atoms with Crippen LogP contribution in [-0.4, -0.2) is 25.9 Å². The van der Waals surface area contributed by atoms with Crippen LogP contribution in [0.5, 0.6) is 0 Å². The summed E-state index contributed by atoms with van der Waals surface area (Å²) in [5, 5.41) is 1.05. The maximum absolute atomic E-state index is 11.5. The molecule has 0 unspecified atom stereocenters. The number of nitrogen functional groups attached to an aromatic ring is 1. The van der Waals surface area contributed by atoms with Gasteiger partial charge in [-0.05, 0) is 37.0 Å². The fraction of sp³-hybridized carbons (Fsp3) is 0.190. The van der Waals surface area contributed by atoms with Crippen LogP contribution in [0.4, 0.5) is 5.82 Å². The number of fused-ring (bicyclic) bond motifs is 3. The van der Waals surface area contributed by atoms with Gasteiger partial charge >= 0.3 is 0 Å². The number of para-hydroxylation sites is 1. The maximum atomic E-state index is 11.5. The number of anilines is 1. The van der Waals surface area contributed by atoms with E-state index in [-0.39, 0.29) is 23.8 Å². The molecular formula is C21H24ClN5O2. The van der Waals surface area contributed by atoms with E-state index in [2.05, 4.69) is 14.5 Å². The van der Waals surface area contributed by atoms with Crippen molar-refractivity contribution in [2.24, 2.45) is 5.73 Å². The number of carbonyl (C=O) groups excluding carboxylic acids is 1. The Labute approximate surface area is 174 Å². The molecule has 1 amide bonds. The van der Waals surface area contributed by atoms with Gasteiger partial charge in [0, 0.05) is 17.5 Å². The Morgan fingerprint density at radius 1 is 1.03 bits per heavy atom. The Hall–Kier alpha value is -3.16. The van der Waals surface area contributed by atoms with Crippen LogP contribution in [0.1, 0.15) is 28.8 Å². The highest BCUT2D eigenvalue weighted by Gasteiger charge is 2.12. The number of amides is 1. The second-order valence-corrected chi connectivity index (χ2v) is 6.63. The van der Waals surface area contributed by atoms with E-state index in [4.69, 9.17) is 11.5 Å². The zero-order valence-corrected chi connectivity index (χ0v) is 16.7. The van der Waals surface area contributed by atoms with Crippen molar-refractivity contribution in [3.8, 4) is 0 Å². The Morgan fingerprint density at radius 2 is 1.76 bits per heavy atom. The minimum atomic E-state index is -0.374. The first kappa shape index (κ1) is 22.1. The number of halogens is 1. The number of imidazole rings is 1. The first-order chi connectivity index (χ1) is 13.1. The standard InChI is InChI=1S/C21H21N5O.ClH.H2O/c22-20-18-19(16-10-3-4-11-17(16)25-20)26(13-24-18)12-6-5-8-14-7-1-2-9-15(14)21(23)27;;/h1-4,7,9-11,13H,5-6,8,12H2,(H2,22,25)(H2,23,27);1H;1H2. The molecule has 4 aromatic rings. The Morgan fingerprint density at radius 3 is 2.55 bits per heavy atom. The Bertz CT molecular complexity index is 1140. The van der Waals surface area contributed by atoms with Gasteiger partial charge in [-0.3, -0.25) is 4.79 Å². The number of nitrogens with two attached hydrogens (primary N) is 2. The highest BCUT2D eigenvalue weighted by atomic mass is 35.5. The topological polar surface area (TPSA) is 131 Å². The molecule has 2 aromatic carbocycles. The molecule has 152 valence electrons. The summed E-state index contributed by atoms with van der Waals surface area (Å²) in [6.07, 6.45) is 4.54. The van der Waals surface area contributed by atoms with Crippen molar-refractivity contribution < 1.29 is 10.3 Å². The Balaban J connectivity index is 0.00000150. The first-order valence-corrected chi connectivity index (χ1v) is 9.02. The maximum Gasteiger partial charge on any atom is 0.248 e. The molecule has 29 heavy (non-hydrogen) atoms. The molecule has 0 aliphatic carbocycles. The molecule has 2 heterocycles. The molecule has 0 saturated heterocycles. The molecular weight excluding hydrogens is 390 g/mol. The highest BCUT2D eigenvalue weighted by molar-refractivity contribution is 6.06. The summed E-state index contributed by atoms with van der Waals surface area (Å²) < 4.78 is 2.13. The predicted molar refractivity (Wildman–Crippen MR) is 118 cm³/mol. The summed E-state index contributed by atoms with van der Waals surface area (Å²) in [6, 6.07) is 15.5. The van der Waals surface area contributed by atoms with Gasteiger partial charge in [0.15, 0.2) is 5.82 Å². The number of unbranched alkanes of at least 4 members (excludes halogenated alkanes) is 1. The SMILES string of the molecule is Cl.NC(=O)c1ccccc1CCCCn1cnc2c(N)nc3ccccc3c21.O. The van der Waals surface area contributed by atoms with E-state index in [0.717, 1.165) is 53.3 Å². The molecule has 2 aromatic heterocycles. The number of carbonyl (C=O) groups is 1. The van der Waals surface area contributed by atoms with Gasteiger partial charge in [0.05, 0.1) is 17.4 Å². The lowest BCUT2D eigenvalue weighted by molar-refractivity contribution is 0.0999. The van der Waals surface area contributed by atoms with Crippen molar-refractivity contribution in [2.45, 2.75) is 25.8 Å². The number of pyridine rings is 1. The molecule has 0 atom stereocenters. The molecule has 0 aliphatic rings. The number of aromatic nitrogens is 3. The Kier molecular flexibility index (Phi) is 7.14. The smallest absolute Gasteiger partial charge is 0.248 e. The summed E-state index contributed by atoms with van der Waals surface area (Å²) in [5.74, 6) is 0.0819. The second kappa shape index (κ2) is 9.36. The summed E-state index contributed by atoms with van der Waals surface area (Å²) in [6.45, 7) is 0.822. The summed E-state index contributed by atoms with van der Waals surface area (Å²) in [4.78, 5) is 20.4. The van der Waals surface area contributed by atoms with Crippen LogP contribution >= 0.6 is 12.4 Å². The van der Waals surface area contributed by atoms with Crippen molar-refractivity contribution in [1.82, 2.24) is 14.5 Å². The van der Waals surface area contributed by atoms with E-state index < -0.39 is 0 Å². The monoisotopic (exact) mass is 413 g/mol. The average Bonchev–Trinajstić information content (AvgIpc) is 3.10. The van der Waals surface area contributed by atoms with Crippen LogP contribution in [0.2, 0.25) is 0 Å². The van der Waals surface area contributed by atoms with Gasteiger partial charge in [-0.25, -0.2) is 9.97 Å². The van der Waals surface area contributed by atoms with E-state index in [9.17, 15) is 4.79 Å². The number of benzene rings is 2. The minimum absolute atomic E-state index is 0.